The molecule has 1 aliphatic heterocycles. The number of piperazine rings is 1. The number of carbonyl (C=O) groups is 1. The number of anilines is 2. The summed E-state index contributed by atoms with van der Waals surface area (Å²) in [4.78, 5) is 21.1. The van der Waals surface area contributed by atoms with E-state index in [1.54, 1.807) is 0 Å². The summed E-state index contributed by atoms with van der Waals surface area (Å²) >= 11 is 1.43. The maximum Gasteiger partial charge on any atom is 0.321 e. The number of aromatic nitrogens is 2. The summed E-state index contributed by atoms with van der Waals surface area (Å²) in [6.45, 7) is 2.88. The molecule has 2 aromatic carbocycles. The van der Waals surface area contributed by atoms with Gasteiger partial charge in [-0.05, 0) is 17.7 Å². The highest BCUT2D eigenvalue weighted by Gasteiger charge is 2.23. The molecule has 0 aliphatic carbocycles. The van der Waals surface area contributed by atoms with Crippen LogP contribution in [0.25, 0.3) is 0 Å². The number of urea groups is 1. The van der Waals surface area contributed by atoms with Crippen molar-refractivity contribution >= 4 is 28.4 Å². The Balaban J connectivity index is 1.31. The SMILES string of the molecule is O=C(Nc1ccccc1)N1CCN(c2nc(Cc3ccccc3)ns2)CC1. The van der Waals surface area contributed by atoms with Crippen LogP contribution in [0.3, 0.4) is 0 Å². The number of nitrogens with zero attached hydrogens (tertiary/aromatic N) is 4. The monoisotopic (exact) mass is 379 g/mol. The van der Waals surface area contributed by atoms with Gasteiger partial charge in [-0.15, -0.1) is 0 Å². The first kappa shape index (κ1) is 17.5. The standard InChI is InChI=1S/C20H21N5OS/c26-19(21-17-9-5-2-6-10-17)24-11-13-25(14-12-24)20-22-18(23-27-20)15-16-7-3-1-4-8-16/h1-10H,11-15H2,(H,21,26). The Bertz CT molecular complexity index is 876. The second kappa shape index (κ2) is 8.18. The normalized spacial score (nSPS) is 14.2. The number of hydrogen-bond donors (Lipinski definition) is 1. The predicted octanol–water partition coefficient (Wildman–Crippen LogP) is 3.48. The number of rotatable bonds is 4. The predicted molar refractivity (Wildman–Crippen MR) is 108 cm³/mol. The van der Waals surface area contributed by atoms with Gasteiger partial charge in [-0.2, -0.15) is 4.37 Å². The molecule has 0 saturated carbocycles. The largest absolute Gasteiger partial charge is 0.343 e. The molecule has 2 heterocycles. The molecule has 6 nitrogen and oxygen atoms in total. The van der Waals surface area contributed by atoms with Gasteiger partial charge in [0.25, 0.3) is 0 Å². The molecule has 0 bridgehead atoms. The number of benzene rings is 2. The van der Waals surface area contributed by atoms with Crippen LogP contribution in [-0.2, 0) is 6.42 Å². The molecule has 1 aromatic heterocycles. The van der Waals surface area contributed by atoms with Crippen LogP contribution in [-0.4, -0.2) is 46.5 Å². The lowest BCUT2D eigenvalue weighted by molar-refractivity contribution is 0.208. The average Bonchev–Trinajstić information content (AvgIpc) is 3.18. The molecule has 0 spiro atoms. The summed E-state index contributed by atoms with van der Waals surface area (Å²) in [6.07, 6.45) is 0.747. The van der Waals surface area contributed by atoms with Crippen LogP contribution in [0.4, 0.5) is 15.6 Å². The lowest BCUT2D eigenvalue weighted by Gasteiger charge is -2.34. The molecule has 0 unspecified atom stereocenters. The van der Waals surface area contributed by atoms with Gasteiger partial charge in [-0.1, -0.05) is 48.5 Å². The zero-order chi connectivity index (χ0) is 18.5. The van der Waals surface area contributed by atoms with E-state index in [0.29, 0.717) is 13.1 Å². The Kier molecular flexibility index (Phi) is 5.29. The van der Waals surface area contributed by atoms with E-state index >= 15 is 0 Å². The van der Waals surface area contributed by atoms with Crippen molar-refractivity contribution in [3.8, 4) is 0 Å². The maximum atomic E-state index is 12.4. The van der Waals surface area contributed by atoms with Gasteiger partial charge in [-0.25, -0.2) is 9.78 Å². The maximum absolute atomic E-state index is 12.4. The van der Waals surface area contributed by atoms with Gasteiger partial charge in [0.15, 0.2) is 0 Å². The summed E-state index contributed by atoms with van der Waals surface area (Å²) in [5.41, 5.74) is 2.03. The molecular formula is C20H21N5OS. The van der Waals surface area contributed by atoms with Crippen molar-refractivity contribution in [1.29, 1.82) is 0 Å². The molecule has 7 heteroatoms. The quantitative estimate of drug-likeness (QED) is 0.754. The van der Waals surface area contributed by atoms with Gasteiger partial charge >= 0.3 is 6.03 Å². The van der Waals surface area contributed by atoms with Crippen LogP contribution >= 0.6 is 11.5 Å². The first-order valence-electron chi connectivity index (χ1n) is 9.00. The summed E-state index contributed by atoms with van der Waals surface area (Å²) in [6, 6.07) is 19.7. The fourth-order valence-electron chi connectivity index (χ4n) is 3.05. The van der Waals surface area contributed by atoms with Gasteiger partial charge < -0.3 is 15.1 Å². The zero-order valence-corrected chi connectivity index (χ0v) is 15.7. The fourth-order valence-corrected chi connectivity index (χ4v) is 3.78. The minimum atomic E-state index is -0.0529. The average molecular weight is 379 g/mol. The molecule has 1 saturated heterocycles. The lowest BCUT2D eigenvalue weighted by Crippen LogP contribution is -2.50. The van der Waals surface area contributed by atoms with Crippen LogP contribution in [0.2, 0.25) is 0 Å². The summed E-state index contributed by atoms with van der Waals surface area (Å²) in [5, 5.41) is 3.88. The topological polar surface area (TPSA) is 61.4 Å². The minimum Gasteiger partial charge on any atom is -0.343 e. The van der Waals surface area contributed by atoms with E-state index in [-0.39, 0.29) is 6.03 Å². The first-order valence-corrected chi connectivity index (χ1v) is 9.78. The van der Waals surface area contributed by atoms with E-state index in [1.807, 2.05) is 53.4 Å². The van der Waals surface area contributed by atoms with Crippen LogP contribution in [0.5, 0.6) is 0 Å². The molecule has 1 aliphatic rings. The number of para-hydroxylation sites is 1. The second-order valence-corrected chi connectivity index (χ2v) is 7.16. The third-order valence-corrected chi connectivity index (χ3v) is 5.34. The molecule has 1 fully saturated rings. The molecule has 138 valence electrons. The van der Waals surface area contributed by atoms with Crippen LogP contribution < -0.4 is 10.2 Å². The summed E-state index contributed by atoms with van der Waals surface area (Å²) in [7, 11) is 0. The van der Waals surface area contributed by atoms with Crippen molar-refractivity contribution < 1.29 is 4.79 Å². The first-order chi connectivity index (χ1) is 13.3. The molecule has 3 aromatic rings. The van der Waals surface area contributed by atoms with Gasteiger partial charge in [0.2, 0.25) is 5.13 Å². The van der Waals surface area contributed by atoms with E-state index in [4.69, 9.17) is 0 Å². The van der Waals surface area contributed by atoms with E-state index in [1.165, 1.54) is 17.1 Å². The van der Waals surface area contributed by atoms with Crippen LogP contribution in [0.1, 0.15) is 11.4 Å². The highest BCUT2D eigenvalue weighted by molar-refractivity contribution is 7.09. The number of carbonyl (C=O) groups excluding carboxylic acids is 1. The fraction of sp³-hybridized carbons (Fsp3) is 0.250. The molecule has 27 heavy (non-hydrogen) atoms. The van der Waals surface area contributed by atoms with Crippen molar-refractivity contribution in [3.63, 3.8) is 0 Å². The van der Waals surface area contributed by atoms with Crippen LogP contribution in [0, 0.1) is 0 Å². The molecule has 0 radical (unpaired) electrons. The Morgan fingerprint density at radius 2 is 1.63 bits per heavy atom. The number of nitrogens with one attached hydrogen (secondary N) is 1. The minimum absolute atomic E-state index is 0.0529. The summed E-state index contributed by atoms with van der Waals surface area (Å²) < 4.78 is 4.49. The van der Waals surface area contributed by atoms with Crippen LogP contribution in [0.15, 0.2) is 60.7 Å². The van der Waals surface area contributed by atoms with Crippen molar-refractivity contribution in [2.75, 3.05) is 36.4 Å². The molecule has 1 N–H and O–H groups in total. The van der Waals surface area contributed by atoms with E-state index in [9.17, 15) is 4.79 Å². The molecule has 2 amide bonds. The Labute approximate surface area is 162 Å². The van der Waals surface area contributed by atoms with Gasteiger partial charge in [0, 0.05) is 49.8 Å². The Morgan fingerprint density at radius 1 is 0.963 bits per heavy atom. The molecular weight excluding hydrogens is 358 g/mol. The van der Waals surface area contributed by atoms with E-state index < -0.39 is 0 Å². The van der Waals surface area contributed by atoms with Crippen molar-refractivity contribution in [2.45, 2.75) is 6.42 Å². The van der Waals surface area contributed by atoms with Crippen molar-refractivity contribution in [2.24, 2.45) is 0 Å². The van der Waals surface area contributed by atoms with Crippen molar-refractivity contribution in [1.82, 2.24) is 14.3 Å². The molecule has 4 rings (SSSR count). The Morgan fingerprint density at radius 3 is 2.33 bits per heavy atom. The van der Waals surface area contributed by atoms with Gasteiger partial charge in [0.05, 0.1) is 0 Å². The highest BCUT2D eigenvalue weighted by atomic mass is 32.1. The number of amides is 2. The molecule has 0 atom stereocenters. The number of hydrogen-bond acceptors (Lipinski definition) is 5. The zero-order valence-electron chi connectivity index (χ0n) is 14.9. The highest BCUT2D eigenvalue weighted by Crippen LogP contribution is 2.21. The smallest absolute Gasteiger partial charge is 0.321 e. The van der Waals surface area contributed by atoms with Crippen molar-refractivity contribution in [3.05, 3.63) is 72.1 Å². The van der Waals surface area contributed by atoms with E-state index in [2.05, 4.69) is 31.7 Å². The summed E-state index contributed by atoms with van der Waals surface area (Å²) in [5.74, 6) is 0.852. The second-order valence-electron chi connectivity index (χ2n) is 6.43. The lowest BCUT2D eigenvalue weighted by atomic mass is 10.1. The van der Waals surface area contributed by atoms with E-state index in [0.717, 1.165) is 36.2 Å². The third-order valence-electron chi connectivity index (χ3n) is 4.52. The van der Waals surface area contributed by atoms with Gasteiger partial charge in [0.1, 0.15) is 5.82 Å². The third kappa shape index (κ3) is 4.43. The van der Waals surface area contributed by atoms with Gasteiger partial charge in [-0.3, -0.25) is 0 Å². The Hall–Kier alpha value is -2.93.